The second kappa shape index (κ2) is 23.2. The van der Waals surface area contributed by atoms with E-state index < -0.39 is 0 Å². The van der Waals surface area contributed by atoms with Crippen molar-refractivity contribution in [3.05, 3.63) is 326 Å². The van der Waals surface area contributed by atoms with E-state index in [1.807, 2.05) is 35.6 Å². The summed E-state index contributed by atoms with van der Waals surface area (Å²) >= 11 is 1.88. The molecular formula is C88H63N3O2S. The normalized spacial score (nSPS) is 11.6. The zero-order chi connectivity index (χ0) is 63.0. The minimum atomic E-state index is 0.914. The number of para-hydroxylation sites is 4. The van der Waals surface area contributed by atoms with Crippen molar-refractivity contribution in [1.29, 1.82) is 0 Å². The Morgan fingerprint density at radius 3 is 1.13 bits per heavy atom. The van der Waals surface area contributed by atoms with Gasteiger partial charge in [-0.1, -0.05) is 204 Å². The second-order valence-corrected chi connectivity index (χ2v) is 25.9. The van der Waals surface area contributed by atoms with E-state index in [0.717, 1.165) is 106 Å². The molecule has 6 heteroatoms. The summed E-state index contributed by atoms with van der Waals surface area (Å²) < 4.78 is 15.4. The topological polar surface area (TPSA) is 48.6 Å². The summed E-state index contributed by atoms with van der Waals surface area (Å²) in [7, 11) is 0. The summed E-state index contributed by atoms with van der Waals surface area (Å²) in [6.45, 7) is 8.57. The molecule has 0 fully saturated rings. The third kappa shape index (κ3) is 10.1. The molecule has 0 saturated heterocycles. The third-order valence-corrected chi connectivity index (χ3v) is 19.8. The summed E-state index contributed by atoms with van der Waals surface area (Å²) in [6.07, 6.45) is 0. The van der Waals surface area contributed by atoms with Crippen LogP contribution in [0.25, 0.3) is 130 Å². The largest absolute Gasteiger partial charge is 0.455 e. The average Bonchev–Trinajstić information content (AvgIpc) is 1.60. The maximum absolute atomic E-state index is 6.35. The Morgan fingerprint density at radius 2 is 0.628 bits per heavy atom. The van der Waals surface area contributed by atoms with Crippen LogP contribution in [0.15, 0.2) is 312 Å². The number of aromatic amines is 1. The fourth-order valence-corrected chi connectivity index (χ4v) is 15.0. The maximum Gasteiger partial charge on any atom is 0.143 e. The number of rotatable bonds is 10. The van der Waals surface area contributed by atoms with E-state index in [2.05, 4.69) is 322 Å². The van der Waals surface area contributed by atoms with Gasteiger partial charge in [-0.2, -0.15) is 0 Å². The Kier molecular flexibility index (Phi) is 13.9. The molecule has 0 unspecified atom stereocenters. The molecule has 94 heavy (non-hydrogen) atoms. The van der Waals surface area contributed by atoms with E-state index >= 15 is 0 Å². The molecule has 0 amide bonds. The van der Waals surface area contributed by atoms with Gasteiger partial charge in [-0.25, -0.2) is 0 Å². The highest BCUT2D eigenvalue weighted by Gasteiger charge is 2.20. The predicted molar refractivity (Wildman–Crippen MR) is 400 cm³/mol. The zero-order valence-electron chi connectivity index (χ0n) is 52.5. The first kappa shape index (κ1) is 56.3. The van der Waals surface area contributed by atoms with Gasteiger partial charge in [-0.05, 0) is 182 Å². The number of benzene rings is 14. The number of furan rings is 2. The van der Waals surface area contributed by atoms with Crippen LogP contribution >= 0.6 is 11.3 Å². The average molecular weight is 1230 g/mol. The van der Waals surface area contributed by atoms with Gasteiger partial charge in [0.15, 0.2) is 0 Å². The molecule has 14 aromatic carbocycles. The van der Waals surface area contributed by atoms with Gasteiger partial charge in [-0.3, -0.25) is 0 Å². The Balaban J connectivity index is 0.000000143. The number of nitrogens with zero attached hydrogens (tertiary/aromatic N) is 2. The van der Waals surface area contributed by atoms with E-state index in [-0.39, 0.29) is 0 Å². The molecule has 0 radical (unpaired) electrons. The number of thiophene rings is 1. The van der Waals surface area contributed by atoms with E-state index in [0.29, 0.717) is 0 Å². The lowest BCUT2D eigenvalue weighted by Gasteiger charge is -2.26. The molecule has 0 aliphatic carbocycles. The van der Waals surface area contributed by atoms with Gasteiger partial charge in [0.05, 0.1) is 0 Å². The maximum atomic E-state index is 6.35. The highest BCUT2D eigenvalue weighted by molar-refractivity contribution is 7.26. The van der Waals surface area contributed by atoms with Crippen LogP contribution in [0.2, 0.25) is 0 Å². The number of anilines is 6. The highest BCUT2D eigenvalue weighted by atomic mass is 32.1. The van der Waals surface area contributed by atoms with Gasteiger partial charge in [-0.15, -0.1) is 11.3 Å². The van der Waals surface area contributed by atoms with Crippen LogP contribution in [-0.2, 0) is 0 Å². The molecule has 4 heterocycles. The van der Waals surface area contributed by atoms with Crippen molar-refractivity contribution < 1.29 is 8.83 Å². The number of fused-ring (bicyclic) bond motifs is 12. The molecule has 448 valence electrons. The third-order valence-electron chi connectivity index (χ3n) is 18.6. The SMILES string of the molecule is Cc1ccc(N(c2ccc(-c3ccc4[nH]c5ccc(C)cc5c4c3)cc2)c2ccc(-c3cccc4c3oc3ccccc34)cc2)cc1.Cc1ccc(N(c2ccc(-c3cccc4c3oc3ccccc34)cc2)c2ccc(-c3cccc4c3sc3ccc(C)cc34)cc2)cc1. The van der Waals surface area contributed by atoms with Crippen LogP contribution in [0, 0.1) is 27.7 Å². The fourth-order valence-electron chi connectivity index (χ4n) is 13.7. The Bertz CT molecular complexity index is 5860. The van der Waals surface area contributed by atoms with Crippen LogP contribution in [0.1, 0.15) is 22.3 Å². The number of aryl methyl sites for hydroxylation is 4. The minimum absolute atomic E-state index is 0.914. The molecule has 1 N–H and O–H groups in total. The monoisotopic (exact) mass is 1230 g/mol. The van der Waals surface area contributed by atoms with Crippen molar-refractivity contribution in [3.8, 4) is 44.5 Å². The number of hydrogen-bond donors (Lipinski definition) is 1. The molecule has 0 bridgehead atoms. The van der Waals surface area contributed by atoms with Gasteiger partial charge in [0.2, 0.25) is 0 Å². The summed E-state index contributed by atoms with van der Waals surface area (Å²) in [5.41, 5.74) is 27.1. The van der Waals surface area contributed by atoms with Crippen molar-refractivity contribution in [1.82, 2.24) is 4.98 Å². The van der Waals surface area contributed by atoms with Crippen LogP contribution in [0.4, 0.5) is 34.1 Å². The van der Waals surface area contributed by atoms with Crippen molar-refractivity contribution in [3.63, 3.8) is 0 Å². The van der Waals surface area contributed by atoms with Crippen molar-refractivity contribution in [2.24, 2.45) is 0 Å². The van der Waals surface area contributed by atoms with Crippen molar-refractivity contribution in [2.75, 3.05) is 9.80 Å². The molecule has 0 saturated carbocycles. The fraction of sp³-hybridized carbons (Fsp3) is 0.0455. The van der Waals surface area contributed by atoms with Gasteiger partial charge in [0.25, 0.3) is 0 Å². The van der Waals surface area contributed by atoms with Crippen LogP contribution in [-0.4, -0.2) is 4.98 Å². The first-order valence-corrected chi connectivity index (χ1v) is 32.9. The van der Waals surface area contributed by atoms with Gasteiger partial charge in [0.1, 0.15) is 22.3 Å². The van der Waals surface area contributed by atoms with E-state index in [4.69, 9.17) is 8.83 Å². The first-order chi connectivity index (χ1) is 46.2. The Hall–Kier alpha value is -11.7. The second-order valence-electron chi connectivity index (χ2n) is 24.8. The molecule has 18 rings (SSSR count). The quantitative estimate of drug-likeness (QED) is 0.148. The molecule has 0 aliphatic heterocycles. The molecule has 18 aromatic rings. The van der Waals surface area contributed by atoms with Crippen LogP contribution < -0.4 is 9.80 Å². The minimum Gasteiger partial charge on any atom is -0.455 e. The van der Waals surface area contributed by atoms with Crippen molar-refractivity contribution in [2.45, 2.75) is 27.7 Å². The summed E-state index contributed by atoms with van der Waals surface area (Å²) in [5.74, 6) is 0. The van der Waals surface area contributed by atoms with Crippen LogP contribution in [0.5, 0.6) is 0 Å². The smallest absolute Gasteiger partial charge is 0.143 e. The van der Waals surface area contributed by atoms with Gasteiger partial charge < -0.3 is 23.6 Å². The lowest BCUT2D eigenvalue weighted by Crippen LogP contribution is -2.09. The Labute approximate surface area is 549 Å². The summed E-state index contributed by atoms with van der Waals surface area (Å²) in [6, 6.07) is 109. The summed E-state index contributed by atoms with van der Waals surface area (Å²) in [4.78, 5) is 8.22. The van der Waals surface area contributed by atoms with E-state index in [1.165, 1.54) is 81.0 Å². The lowest BCUT2D eigenvalue weighted by molar-refractivity contribution is 0.669. The lowest BCUT2D eigenvalue weighted by atomic mass is 10.0. The summed E-state index contributed by atoms with van der Waals surface area (Å²) in [5, 5.41) is 9.77. The van der Waals surface area contributed by atoms with E-state index in [1.54, 1.807) is 0 Å². The molecule has 0 spiro atoms. The first-order valence-electron chi connectivity index (χ1n) is 32.1. The number of hydrogen-bond acceptors (Lipinski definition) is 5. The molecule has 5 nitrogen and oxygen atoms in total. The van der Waals surface area contributed by atoms with Crippen LogP contribution in [0.3, 0.4) is 0 Å². The number of nitrogens with one attached hydrogen (secondary N) is 1. The predicted octanol–water partition coefficient (Wildman–Crippen LogP) is 26.0. The Morgan fingerprint density at radius 1 is 0.266 bits per heavy atom. The highest BCUT2D eigenvalue weighted by Crippen LogP contribution is 2.45. The number of aromatic nitrogens is 1. The molecule has 0 atom stereocenters. The number of H-pyrrole nitrogens is 1. The zero-order valence-corrected chi connectivity index (χ0v) is 53.3. The van der Waals surface area contributed by atoms with Crippen molar-refractivity contribution >= 4 is 131 Å². The molecular weight excluding hydrogens is 1160 g/mol. The standard InChI is InChI=1S/C44H32N2O.C44H31NOS/c1-28-10-18-33(19-11-28)46(35-22-15-31(16-23-35)36-7-5-8-38-37-6-3-4-9-43(37)47-44(36)38)34-20-13-30(14-21-34)32-17-25-42-40(27-32)39-26-29(2)12-24-41(39)45-42;1-28-13-20-32(21-14-28)45(33-22-16-30(17-23-33)35-8-5-10-38-37-7-3-4-12-41(37)46-43(35)38)34-24-18-31(19-25-34)36-9-6-11-39-40-27-29(2)15-26-42(40)47-44(36)39/h3-27,45H,1-2H3;3-27H,1-2H3. The van der Waals surface area contributed by atoms with Gasteiger partial charge >= 0.3 is 0 Å². The van der Waals surface area contributed by atoms with E-state index in [9.17, 15) is 0 Å². The van der Waals surface area contributed by atoms with Gasteiger partial charge in [0, 0.05) is 109 Å². The molecule has 4 aromatic heterocycles. The molecule has 0 aliphatic rings.